The van der Waals surface area contributed by atoms with Crippen LogP contribution in [0.25, 0.3) is 22.8 Å². The van der Waals surface area contributed by atoms with E-state index in [9.17, 15) is 99.0 Å². The van der Waals surface area contributed by atoms with Gasteiger partial charge in [-0.25, -0.2) is 0 Å². The maximum Gasteiger partial charge on any atom is 3.00 e. The molecule has 726 valence electrons. The molecule has 2 radical (unpaired) electrons. The van der Waals surface area contributed by atoms with Gasteiger partial charge in [-0.1, -0.05) is 256 Å². The molecule has 4 aromatic heterocycles. The van der Waals surface area contributed by atoms with Crippen LogP contribution in [0.4, 0.5) is 0 Å². The molecule has 0 aliphatic rings. The molecule has 0 saturated carbocycles. The summed E-state index contributed by atoms with van der Waals surface area (Å²) in [6, 6.07) is 63.3. The van der Waals surface area contributed by atoms with Crippen molar-refractivity contribution in [3.8, 4) is 22.8 Å². The van der Waals surface area contributed by atoms with Gasteiger partial charge in [-0.05, 0) is 231 Å². The molecule has 0 aliphatic carbocycles. The first-order valence-electron chi connectivity index (χ1n) is 35.3. The van der Waals surface area contributed by atoms with E-state index in [2.05, 4.69) is 19.9 Å². The normalized spacial score (nSPS) is 9.36. The number of carbonyl (C=O) groups is 10. The molecule has 0 bridgehead atoms. The van der Waals surface area contributed by atoms with E-state index in [-0.39, 0.29) is 266 Å². The van der Waals surface area contributed by atoms with Gasteiger partial charge in [0.2, 0.25) is 0 Å². The molecule has 24 nitrogen and oxygen atoms in total. The number of carboxylic acids is 10. The molecule has 0 unspecified atom stereocenters. The van der Waals surface area contributed by atoms with Crippen LogP contribution < -0.4 is 51.1 Å². The Balaban J connectivity index is 0. The van der Waals surface area contributed by atoms with Crippen LogP contribution >= 0.6 is 232 Å². The zero-order valence-corrected chi connectivity index (χ0v) is 88.6. The van der Waals surface area contributed by atoms with E-state index in [1.165, 1.54) is 182 Å². The smallest absolute Gasteiger partial charge is 0.545 e. The van der Waals surface area contributed by atoms with E-state index < -0.39 is 59.7 Å². The number of nitrogens with zero attached hydrogens (tertiary/aromatic N) is 4. The van der Waals surface area contributed by atoms with Crippen LogP contribution in [0.1, 0.15) is 104 Å². The van der Waals surface area contributed by atoms with Gasteiger partial charge in [0.05, 0.1) is 82.5 Å². The van der Waals surface area contributed by atoms with E-state index in [0.717, 1.165) is 22.8 Å². The number of pyridine rings is 4. The van der Waals surface area contributed by atoms with Crippen molar-refractivity contribution in [2.24, 2.45) is 0 Å². The number of carboxylic acid groups (broad SMARTS) is 10. The van der Waals surface area contributed by atoms with Crippen LogP contribution in [0.5, 0.6) is 0 Å². The molecule has 0 atom stereocenters. The van der Waals surface area contributed by atoms with Crippen LogP contribution in [0.15, 0.2) is 280 Å². The topological polar surface area (TPSA) is 453 Å². The Morgan fingerprint density at radius 2 is 0.246 bits per heavy atom. The van der Waals surface area contributed by atoms with Crippen LogP contribution in [-0.4, -0.2) is 79.6 Å². The molecule has 14 aromatic rings. The summed E-state index contributed by atoms with van der Waals surface area (Å²) in [6.07, 6.45) is 7.07. The molecule has 0 amide bonds. The van der Waals surface area contributed by atoms with Crippen molar-refractivity contribution in [3.63, 3.8) is 0 Å². The quantitative estimate of drug-likeness (QED) is 0.110. The number of carbonyl (C=O) groups excluding carboxylic acids is 10. The zero-order valence-electron chi connectivity index (χ0n) is 67.4. The van der Waals surface area contributed by atoms with Crippen LogP contribution in [0, 0.1) is 76.3 Å². The fraction of sp³-hybridized carbons (Fsp3) is 0. The van der Waals surface area contributed by atoms with Gasteiger partial charge < -0.3 is 99.0 Å². The van der Waals surface area contributed by atoms with Crippen molar-refractivity contribution in [1.29, 1.82) is 0 Å². The minimum Gasteiger partial charge on any atom is -0.545 e. The van der Waals surface area contributed by atoms with Crippen molar-refractivity contribution >= 4 is 292 Å². The third kappa shape index (κ3) is 56.6. The average Bonchev–Trinajstić information content (AvgIpc) is 0.901. The number of hydrogen-bond acceptors (Lipinski definition) is 24. The van der Waals surface area contributed by atoms with Crippen LogP contribution in [0.2, 0.25) is 100 Å². The zero-order chi connectivity index (χ0) is 101. The minimum atomic E-state index is -1.28. The third-order valence-electron chi connectivity index (χ3n) is 14.2. The Morgan fingerprint density at radius 3 is 0.304 bits per heavy atom. The Labute approximate surface area is 966 Å². The second-order valence-electron chi connectivity index (χ2n) is 24.3. The Kier molecular flexibility index (Phi) is 67.9. The van der Waals surface area contributed by atoms with Gasteiger partial charge in [0.1, 0.15) is 0 Å². The summed E-state index contributed by atoms with van der Waals surface area (Å²) in [6.45, 7) is 0. The van der Waals surface area contributed by atoms with Gasteiger partial charge in [0.25, 0.3) is 0 Å². The molecule has 48 heteroatoms. The standard InChI is InChI=1S/2C10H8N2.10C7H4Cl2O2.2Co.2Dy/c2*1-3-7-11-9(5-1)10-6-2-4-8-12-10;10*8-5-1-4(7(10)11)2-6(9)3-5;;;;/h2*1-8H;10*1-3H,(H,10,11);;;;/q;;;;;;;;;;;;+2;+3;;+3/p-10. The summed E-state index contributed by atoms with van der Waals surface area (Å²) >= 11 is 110. The molecule has 10 aromatic carbocycles. The fourth-order valence-corrected chi connectivity index (χ4v) is 14.0. The molecule has 14 rings (SSSR count). The molecule has 0 fully saturated rings. The molecule has 4 heterocycles. The van der Waals surface area contributed by atoms with Crippen molar-refractivity contribution < 1.29 is 209 Å². The first-order valence-corrected chi connectivity index (χ1v) is 42.8. The first kappa shape index (κ1) is 133. The maximum atomic E-state index is 10.3. The van der Waals surface area contributed by atoms with Gasteiger partial charge in [0, 0.05) is 219 Å². The van der Waals surface area contributed by atoms with Crippen molar-refractivity contribution in [2.75, 3.05) is 0 Å². The number of halogens is 20. The summed E-state index contributed by atoms with van der Waals surface area (Å²) in [5.41, 5.74) is 3.54. The van der Waals surface area contributed by atoms with E-state index in [4.69, 9.17) is 232 Å². The van der Waals surface area contributed by atoms with E-state index in [1.54, 1.807) is 24.8 Å². The predicted molar refractivity (Wildman–Crippen MR) is 503 cm³/mol. The molecule has 138 heavy (non-hydrogen) atoms. The van der Waals surface area contributed by atoms with Crippen LogP contribution in [0.3, 0.4) is 0 Å². The van der Waals surface area contributed by atoms with Gasteiger partial charge >= 0.3 is 71.7 Å². The number of benzene rings is 10. The summed E-state index contributed by atoms with van der Waals surface area (Å²) in [5, 5.41) is 109. The van der Waals surface area contributed by atoms with Gasteiger partial charge in [0.15, 0.2) is 0 Å². The van der Waals surface area contributed by atoms with Crippen molar-refractivity contribution in [3.05, 3.63) is 436 Å². The van der Waals surface area contributed by atoms with Crippen LogP contribution in [-0.2, 0) is 33.6 Å². The molecular weight excluding hydrogens is 2610 g/mol. The second-order valence-corrected chi connectivity index (χ2v) is 33.0. The second kappa shape index (κ2) is 70.5. The number of aromatic carboxylic acids is 10. The monoisotopic (exact) mass is 2650 g/mol. The Bertz CT molecular complexity index is 5070. The third-order valence-corrected chi connectivity index (χ3v) is 18.5. The molecular formula is C90H46Cl20Co2Dy2N4O20-2. The molecule has 0 spiro atoms. The molecule has 0 N–H and O–H groups in total. The van der Waals surface area contributed by atoms with E-state index in [1.807, 2.05) is 72.8 Å². The average molecular weight is 2660 g/mol. The maximum absolute atomic E-state index is 10.3. The summed E-state index contributed by atoms with van der Waals surface area (Å²) in [5.74, 6) is -12.8. The summed E-state index contributed by atoms with van der Waals surface area (Å²) in [7, 11) is 0. The van der Waals surface area contributed by atoms with Crippen molar-refractivity contribution in [2.45, 2.75) is 0 Å². The van der Waals surface area contributed by atoms with Gasteiger partial charge in [-0.2, -0.15) is 0 Å². The fourth-order valence-electron chi connectivity index (χ4n) is 8.77. The number of aromatic nitrogens is 4. The largest absolute Gasteiger partial charge is 3.00 e. The molecule has 0 aliphatic heterocycles. The van der Waals surface area contributed by atoms with Gasteiger partial charge in [-0.15, -0.1) is 0 Å². The van der Waals surface area contributed by atoms with E-state index in [0.29, 0.717) is 0 Å². The first-order chi connectivity index (χ1) is 62.9. The predicted octanol–water partition coefficient (Wildman–Crippen LogP) is 17.9. The minimum absolute atomic E-state index is 0. The molecule has 0 saturated heterocycles. The summed E-state index contributed by atoms with van der Waals surface area (Å²) in [4.78, 5) is 120. The van der Waals surface area contributed by atoms with Gasteiger partial charge in [-0.3, -0.25) is 19.9 Å². The number of rotatable bonds is 12. The Morgan fingerprint density at radius 1 is 0.167 bits per heavy atom. The Hall–Kier alpha value is -7.14. The number of hydrogen-bond donors (Lipinski definition) is 0. The SMILES string of the molecule is O=C([O-])c1cc(Cl)cc(Cl)c1.O=C([O-])c1cc(Cl)cc(Cl)c1.O=C([O-])c1cc(Cl)cc(Cl)c1.O=C([O-])c1cc(Cl)cc(Cl)c1.O=C([O-])c1cc(Cl)cc(Cl)c1.O=C([O-])c1cc(Cl)cc(Cl)c1.O=C([O-])c1cc(Cl)cc(Cl)c1.O=C([O-])c1cc(Cl)cc(Cl)c1.O=C([O-])c1cc(Cl)cc(Cl)c1.O=C([O-])c1cc(Cl)cc(Cl)c1.[Co+2].[Co+3].[Dy+3].[Dy].c1ccc(-c2ccccn2)nc1.c1ccc(-c2ccccn2)nc1. The summed E-state index contributed by atoms with van der Waals surface area (Å²) < 4.78 is 0. The van der Waals surface area contributed by atoms with E-state index >= 15 is 0 Å². The van der Waals surface area contributed by atoms with Crippen molar-refractivity contribution in [1.82, 2.24) is 19.9 Å².